The molecule has 0 aromatic rings. The largest absolute Gasteiger partial charge is 0.298 e. The topological polar surface area (TPSA) is 71.4 Å². The first-order valence-electron chi connectivity index (χ1n) is 5.17. The van der Waals surface area contributed by atoms with Gasteiger partial charge in [0.25, 0.3) is 10.1 Å². The Morgan fingerprint density at radius 2 is 1.93 bits per heavy atom. The van der Waals surface area contributed by atoms with E-state index in [2.05, 4.69) is 0 Å². The highest BCUT2D eigenvalue weighted by molar-refractivity contribution is 7.87. The minimum absolute atomic E-state index is 0.182. The van der Waals surface area contributed by atoms with Crippen LogP contribution in [0.4, 0.5) is 0 Å². The van der Waals surface area contributed by atoms with Crippen LogP contribution in [0.5, 0.6) is 0 Å². The van der Waals surface area contributed by atoms with Crippen molar-refractivity contribution >= 4 is 15.9 Å². The van der Waals surface area contributed by atoms with Gasteiger partial charge in [-0.15, -0.1) is 0 Å². The molecule has 86 valence electrons. The lowest BCUT2D eigenvalue weighted by atomic mass is 9.69. The first-order chi connectivity index (χ1) is 6.67. The number of ketones is 1. The summed E-state index contributed by atoms with van der Waals surface area (Å²) in [5.74, 6) is -0.487. The van der Waals surface area contributed by atoms with E-state index in [-0.39, 0.29) is 29.0 Å². The molecule has 0 heterocycles. The predicted molar refractivity (Wildman–Crippen MR) is 54.9 cm³/mol. The van der Waals surface area contributed by atoms with Crippen LogP contribution in [-0.4, -0.2) is 24.0 Å². The lowest BCUT2D eigenvalue weighted by Crippen LogP contribution is -2.46. The van der Waals surface area contributed by atoms with Gasteiger partial charge in [0.1, 0.15) is 5.25 Å². The molecule has 4 unspecified atom stereocenters. The minimum atomic E-state index is -4.23. The van der Waals surface area contributed by atoms with Gasteiger partial charge in [-0.25, -0.2) is 0 Å². The number of carbonyl (C=O) groups is 1. The molecule has 0 aromatic carbocycles. The summed E-state index contributed by atoms with van der Waals surface area (Å²) in [6.45, 7) is 5.95. The molecule has 0 aliphatic heterocycles. The first-order valence-corrected chi connectivity index (χ1v) is 6.67. The van der Waals surface area contributed by atoms with Crippen LogP contribution >= 0.6 is 0 Å². The van der Waals surface area contributed by atoms with E-state index in [1.165, 1.54) is 0 Å². The number of carbonyl (C=O) groups excluding carboxylic acids is 1. The first kappa shape index (κ1) is 11.1. The second-order valence-corrected chi connectivity index (χ2v) is 6.93. The molecule has 2 bridgehead atoms. The standard InChI is InChI=1S/C10H16O4S/c1-5-6-4-7(10(5,2)3)9(8(6)11)15(12,13)14/h5-7,9H,4H2,1-3H3,(H,12,13,14). The Morgan fingerprint density at radius 1 is 1.40 bits per heavy atom. The average molecular weight is 232 g/mol. The maximum Gasteiger partial charge on any atom is 0.275 e. The second-order valence-electron chi connectivity index (χ2n) is 5.40. The summed E-state index contributed by atoms with van der Waals surface area (Å²) >= 11 is 0. The molecule has 2 aliphatic rings. The molecule has 15 heavy (non-hydrogen) atoms. The number of hydrogen-bond donors (Lipinski definition) is 1. The highest BCUT2D eigenvalue weighted by atomic mass is 32.2. The van der Waals surface area contributed by atoms with Crippen LogP contribution in [0, 0.1) is 23.2 Å². The molecule has 2 rings (SSSR count). The van der Waals surface area contributed by atoms with Crippen molar-refractivity contribution in [3.8, 4) is 0 Å². The number of hydrogen-bond acceptors (Lipinski definition) is 3. The van der Waals surface area contributed by atoms with Crippen LogP contribution in [0.1, 0.15) is 27.2 Å². The summed E-state index contributed by atoms with van der Waals surface area (Å²) in [4.78, 5) is 11.8. The Balaban J connectivity index is 2.46. The van der Waals surface area contributed by atoms with Crippen molar-refractivity contribution in [3.63, 3.8) is 0 Å². The van der Waals surface area contributed by atoms with Crippen molar-refractivity contribution in [2.75, 3.05) is 0 Å². The average Bonchev–Trinajstić information content (AvgIpc) is 2.48. The molecular weight excluding hydrogens is 216 g/mol. The van der Waals surface area contributed by atoms with E-state index < -0.39 is 15.4 Å². The van der Waals surface area contributed by atoms with Crippen LogP contribution in [0.3, 0.4) is 0 Å². The molecule has 0 aromatic heterocycles. The zero-order chi connectivity index (χ0) is 11.6. The quantitative estimate of drug-likeness (QED) is 0.688. The van der Waals surface area contributed by atoms with Crippen LogP contribution < -0.4 is 0 Å². The lowest BCUT2D eigenvalue weighted by molar-refractivity contribution is -0.125. The molecule has 1 N–H and O–H groups in total. The van der Waals surface area contributed by atoms with E-state index in [0.29, 0.717) is 6.42 Å². The summed E-state index contributed by atoms with van der Waals surface area (Å²) in [5, 5.41) is -1.17. The van der Waals surface area contributed by atoms with Gasteiger partial charge in [-0.1, -0.05) is 20.8 Å². The summed E-state index contributed by atoms with van der Waals surface area (Å²) < 4.78 is 31.4. The lowest BCUT2D eigenvalue weighted by Gasteiger charge is -2.38. The molecule has 0 radical (unpaired) electrons. The maximum absolute atomic E-state index is 11.8. The van der Waals surface area contributed by atoms with E-state index >= 15 is 0 Å². The zero-order valence-corrected chi connectivity index (χ0v) is 9.91. The van der Waals surface area contributed by atoms with Gasteiger partial charge in [0.15, 0.2) is 5.78 Å². The Hall–Kier alpha value is -0.420. The van der Waals surface area contributed by atoms with Gasteiger partial charge in [0, 0.05) is 5.92 Å². The van der Waals surface area contributed by atoms with E-state index in [1.807, 2.05) is 20.8 Å². The molecule has 2 fully saturated rings. The van der Waals surface area contributed by atoms with Gasteiger partial charge in [0.2, 0.25) is 0 Å². The Morgan fingerprint density at radius 3 is 2.33 bits per heavy atom. The van der Waals surface area contributed by atoms with Crippen molar-refractivity contribution in [2.45, 2.75) is 32.4 Å². The molecule has 5 heteroatoms. The fourth-order valence-corrected chi connectivity index (χ4v) is 4.62. The third kappa shape index (κ3) is 1.29. The van der Waals surface area contributed by atoms with Crippen LogP contribution in [0.15, 0.2) is 0 Å². The summed E-state index contributed by atoms with van der Waals surface area (Å²) in [6.07, 6.45) is 0.609. The smallest absolute Gasteiger partial charge is 0.275 e. The molecule has 0 amide bonds. The molecule has 0 spiro atoms. The number of fused-ring (bicyclic) bond motifs is 2. The normalized spacial score (nSPS) is 43.6. The van der Waals surface area contributed by atoms with Crippen LogP contribution in [0.2, 0.25) is 0 Å². The molecule has 4 nitrogen and oxygen atoms in total. The van der Waals surface area contributed by atoms with Crippen LogP contribution in [0.25, 0.3) is 0 Å². The maximum atomic E-state index is 11.8. The fraction of sp³-hybridized carbons (Fsp3) is 0.900. The van der Waals surface area contributed by atoms with E-state index in [0.717, 1.165) is 0 Å². The van der Waals surface area contributed by atoms with E-state index in [9.17, 15) is 13.2 Å². The third-order valence-corrected chi connectivity index (χ3v) is 5.78. The van der Waals surface area contributed by atoms with Gasteiger partial charge < -0.3 is 0 Å². The zero-order valence-electron chi connectivity index (χ0n) is 9.10. The SMILES string of the molecule is CC1C2CC(C(S(=O)(=O)O)C2=O)C1(C)C. The third-order valence-electron chi connectivity index (χ3n) is 4.57. The van der Waals surface area contributed by atoms with Gasteiger partial charge in [-0.05, 0) is 23.7 Å². The molecule has 0 saturated heterocycles. The minimum Gasteiger partial charge on any atom is -0.298 e. The van der Waals surface area contributed by atoms with Gasteiger partial charge in [-0.3, -0.25) is 9.35 Å². The Kier molecular flexibility index (Phi) is 2.09. The van der Waals surface area contributed by atoms with Gasteiger partial charge in [-0.2, -0.15) is 8.42 Å². The molecule has 2 aliphatic carbocycles. The van der Waals surface area contributed by atoms with E-state index in [1.54, 1.807) is 0 Å². The van der Waals surface area contributed by atoms with Crippen molar-refractivity contribution in [2.24, 2.45) is 23.2 Å². The summed E-state index contributed by atoms with van der Waals surface area (Å²) in [5.41, 5.74) is -0.182. The van der Waals surface area contributed by atoms with Crippen molar-refractivity contribution in [1.82, 2.24) is 0 Å². The number of rotatable bonds is 1. The number of Topliss-reactive ketones (excluding diaryl/α,β-unsaturated/α-hetero) is 1. The summed E-state index contributed by atoms with van der Waals surface area (Å²) in [7, 11) is -4.23. The second kappa shape index (κ2) is 2.83. The monoisotopic (exact) mass is 232 g/mol. The molecule has 2 saturated carbocycles. The van der Waals surface area contributed by atoms with Gasteiger partial charge >= 0.3 is 0 Å². The van der Waals surface area contributed by atoms with E-state index in [4.69, 9.17) is 4.55 Å². The molecular formula is C10H16O4S. The Bertz CT molecular complexity index is 409. The van der Waals surface area contributed by atoms with Crippen molar-refractivity contribution in [1.29, 1.82) is 0 Å². The predicted octanol–water partition coefficient (Wildman–Crippen LogP) is 1.12. The Labute approximate surface area is 89.8 Å². The highest BCUT2D eigenvalue weighted by Gasteiger charge is 2.63. The summed E-state index contributed by atoms with van der Waals surface area (Å²) in [6, 6.07) is 0. The fourth-order valence-electron chi connectivity index (χ4n) is 3.28. The van der Waals surface area contributed by atoms with Crippen molar-refractivity contribution in [3.05, 3.63) is 0 Å². The molecule has 4 atom stereocenters. The van der Waals surface area contributed by atoms with Gasteiger partial charge in [0.05, 0.1) is 0 Å². The van der Waals surface area contributed by atoms with Crippen LogP contribution in [-0.2, 0) is 14.9 Å². The van der Waals surface area contributed by atoms with Crippen molar-refractivity contribution < 1.29 is 17.8 Å². The highest BCUT2D eigenvalue weighted by Crippen LogP contribution is 2.58.